The molecule has 0 bridgehead atoms. The van der Waals surface area contributed by atoms with Crippen LogP contribution in [0.1, 0.15) is 33.1 Å². The molecule has 0 aromatic rings. The Morgan fingerprint density at radius 3 is 2.41 bits per heavy atom. The van der Waals surface area contributed by atoms with E-state index in [9.17, 15) is 9.59 Å². The predicted molar refractivity (Wildman–Crippen MR) is 62.7 cm³/mol. The lowest BCUT2D eigenvalue weighted by molar-refractivity contribution is -0.143. The van der Waals surface area contributed by atoms with Crippen molar-refractivity contribution in [2.75, 3.05) is 19.7 Å². The van der Waals surface area contributed by atoms with E-state index in [1.54, 1.807) is 4.90 Å². The Hall–Kier alpha value is -1.26. The molecule has 1 fully saturated rings. The minimum atomic E-state index is -0.766. The van der Waals surface area contributed by atoms with Crippen molar-refractivity contribution in [3.63, 3.8) is 0 Å². The van der Waals surface area contributed by atoms with Crippen LogP contribution in [0.15, 0.2) is 0 Å². The smallest absolute Gasteiger partial charge is 0.409 e. The molecule has 1 saturated heterocycles. The van der Waals surface area contributed by atoms with Gasteiger partial charge in [-0.1, -0.05) is 13.8 Å². The van der Waals surface area contributed by atoms with Gasteiger partial charge in [0.15, 0.2) is 0 Å². The quantitative estimate of drug-likeness (QED) is 0.819. The van der Waals surface area contributed by atoms with Crippen molar-refractivity contribution in [3.8, 4) is 0 Å². The van der Waals surface area contributed by atoms with Crippen LogP contribution in [0.4, 0.5) is 4.79 Å². The summed E-state index contributed by atoms with van der Waals surface area (Å²) in [7, 11) is 0. The van der Waals surface area contributed by atoms with Gasteiger partial charge in [0.1, 0.15) is 0 Å². The number of likely N-dealkylation sites (tertiary alicyclic amines) is 1. The van der Waals surface area contributed by atoms with E-state index >= 15 is 0 Å². The fourth-order valence-electron chi connectivity index (χ4n) is 1.78. The van der Waals surface area contributed by atoms with Gasteiger partial charge in [-0.15, -0.1) is 0 Å². The first-order valence-corrected chi connectivity index (χ1v) is 6.15. The Bertz CT molecular complexity index is 270. The van der Waals surface area contributed by atoms with E-state index in [0.717, 1.165) is 6.42 Å². The van der Waals surface area contributed by atoms with E-state index < -0.39 is 5.97 Å². The minimum Gasteiger partial charge on any atom is -0.481 e. The number of hydrogen-bond acceptors (Lipinski definition) is 3. The maximum absolute atomic E-state index is 11.6. The van der Waals surface area contributed by atoms with Crippen molar-refractivity contribution in [1.29, 1.82) is 0 Å². The van der Waals surface area contributed by atoms with Crippen LogP contribution < -0.4 is 0 Å². The third kappa shape index (κ3) is 4.63. The van der Waals surface area contributed by atoms with Crippen LogP contribution in [0.5, 0.6) is 0 Å². The Morgan fingerprint density at radius 1 is 1.35 bits per heavy atom. The monoisotopic (exact) mass is 243 g/mol. The molecule has 1 rings (SSSR count). The van der Waals surface area contributed by atoms with E-state index in [2.05, 4.69) is 13.8 Å². The van der Waals surface area contributed by atoms with Crippen molar-refractivity contribution in [2.24, 2.45) is 11.8 Å². The summed E-state index contributed by atoms with van der Waals surface area (Å²) in [5.74, 6) is -0.562. The largest absolute Gasteiger partial charge is 0.481 e. The summed E-state index contributed by atoms with van der Waals surface area (Å²) in [6.45, 7) is 5.56. The van der Waals surface area contributed by atoms with E-state index in [-0.39, 0.29) is 12.0 Å². The van der Waals surface area contributed by atoms with Crippen LogP contribution in [-0.2, 0) is 9.53 Å². The van der Waals surface area contributed by atoms with Crippen molar-refractivity contribution >= 4 is 12.1 Å². The lowest BCUT2D eigenvalue weighted by Crippen LogP contribution is -2.40. The summed E-state index contributed by atoms with van der Waals surface area (Å²) in [5.41, 5.74) is 0. The summed E-state index contributed by atoms with van der Waals surface area (Å²) < 4.78 is 5.13. The van der Waals surface area contributed by atoms with Gasteiger partial charge in [-0.2, -0.15) is 0 Å². The van der Waals surface area contributed by atoms with Crippen LogP contribution in [0.2, 0.25) is 0 Å². The van der Waals surface area contributed by atoms with Gasteiger partial charge in [-0.05, 0) is 25.2 Å². The van der Waals surface area contributed by atoms with Gasteiger partial charge in [0.2, 0.25) is 0 Å². The number of rotatable bonds is 4. The second-order valence-electron chi connectivity index (χ2n) is 4.90. The maximum Gasteiger partial charge on any atom is 0.409 e. The molecule has 0 radical (unpaired) electrons. The van der Waals surface area contributed by atoms with Crippen molar-refractivity contribution < 1.29 is 19.4 Å². The molecular formula is C12H21NO4. The second-order valence-corrected chi connectivity index (χ2v) is 4.90. The van der Waals surface area contributed by atoms with Gasteiger partial charge in [0, 0.05) is 13.1 Å². The first kappa shape index (κ1) is 13.8. The van der Waals surface area contributed by atoms with Crippen LogP contribution >= 0.6 is 0 Å². The zero-order valence-electron chi connectivity index (χ0n) is 10.5. The molecule has 0 saturated carbocycles. The van der Waals surface area contributed by atoms with Crippen LogP contribution in [0.25, 0.3) is 0 Å². The van der Waals surface area contributed by atoms with Gasteiger partial charge in [-0.25, -0.2) is 4.79 Å². The van der Waals surface area contributed by atoms with E-state index in [0.29, 0.717) is 38.5 Å². The number of carbonyl (C=O) groups excluding carboxylic acids is 1. The fourth-order valence-corrected chi connectivity index (χ4v) is 1.78. The molecule has 1 aliphatic rings. The van der Waals surface area contributed by atoms with E-state index in [1.165, 1.54) is 0 Å². The molecular weight excluding hydrogens is 222 g/mol. The first-order chi connectivity index (χ1) is 8.00. The highest BCUT2D eigenvalue weighted by atomic mass is 16.6. The SMILES string of the molecule is CC(C)CCOC(=O)N1CCC(C(=O)O)CC1. The summed E-state index contributed by atoms with van der Waals surface area (Å²) in [6, 6.07) is 0. The Labute approximate surface area is 102 Å². The lowest BCUT2D eigenvalue weighted by Gasteiger charge is -2.29. The fraction of sp³-hybridized carbons (Fsp3) is 0.833. The zero-order chi connectivity index (χ0) is 12.8. The molecule has 0 aromatic heterocycles. The lowest BCUT2D eigenvalue weighted by atomic mass is 9.97. The number of nitrogens with zero attached hydrogens (tertiary/aromatic N) is 1. The maximum atomic E-state index is 11.6. The molecule has 1 aliphatic heterocycles. The topological polar surface area (TPSA) is 66.8 Å². The number of aliphatic carboxylic acids is 1. The Morgan fingerprint density at radius 2 is 1.94 bits per heavy atom. The highest BCUT2D eigenvalue weighted by molar-refractivity contribution is 5.71. The molecule has 0 spiro atoms. The van der Waals surface area contributed by atoms with Gasteiger partial charge >= 0.3 is 12.1 Å². The highest BCUT2D eigenvalue weighted by Gasteiger charge is 2.27. The molecule has 0 atom stereocenters. The first-order valence-electron chi connectivity index (χ1n) is 6.15. The van der Waals surface area contributed by atoms with Crippen LogP contribution in [-0.4, -0.2) is 41.8 Å². The third-order valence-electron chi connectivity index (χ3n) is 3.02. The third-order valence-corrected chi connectivity index (χ3v) is 3.02. The van der Waals surface area contributed by atoms with Gasteiger partial charge in [0.25, 0.3) is 0 Å². The zero-order valence-corrected chi connectivity index (χ0v) is 10.5. The van der Waals surface area contributed by atoms with Crippen molar-refractivity contribution in [2.45, 2.75) is 33.1 Å². The molecule has 17 heavy (non-hydrogen) atoms. The minimum absolute atomic E-state index is 0.310. The number of carbonyl (C=O) groups is 2. The van der Waals surface area contributed by atoms with Crippen LogP contribution in [0.3, 0.4) is 0 Å². The number of piperidine rings is 1. The molecule has 5 heteroatoms. The molecule has 0 aromatic carbocycles. The average Bonchev–Trinajstić information content (AvgIpc) is 2.28. The number of ether oxygens (including phenoxy) is 1. The van der Waals surface area contributed by atoms with Gasteiger partial charge in [0.05, 0.1) is 12.5 Å². The summed E-state index contributed by atoms with van der Waals surface area (Å²) in [4.78, 5) is 24.0. The highest BCUT2D eigenvalue weighted by Crippen LogP contribution is 2.17. The number of amides is 1. The number of hydrogen-bond donors (Lipinski definition) is 1. The Kier molecular flexibility index (Phi) is 5.25. The molecule has 1 N–H and O–H groups in total. The van der Waals surface area contributed by atoms with Crippen molar-refractivity contribution in [1.82, 2.24) is 4.90 Å². The molecule has 1 amide bonds. The molecule has 98 valence electrons. The molecule has 0 unspecified atom stereocenters. The van der Waals surface area contributed by atoms with Gasteiger partial charge in [-0.3, -0.25) is 4.79 Å². The standard InChI is InChI=1S/C12H21NO4/c1-9(2)5-8-17-12(16)13-6-3-10(4-7-13)11(14)15/h9-10H,3-8H2,1-2H3,(H,14,15). The van der Waals surface area contributed by atoms with Gasteiger partial charge < -0.3 is 14.7 Å². The van der Waals surface area contributed by atoms with E-state index in [4.69, 9.17) is 9.84 Å². The summed E-state index contributed by atoms with van der Waals surface area (Å²) >= 11 is 0. The van der Waals surface area contributed by atoms with Crippen molar-refractivity contribution in [3.05, 3.63) is 0 Å². The molecule has 5 nitrogen and oxygen atoms in total. The predicted octanol–water partition coefficient (Wildman–Crippen LogP) is 1.97. The summed E-state index contributed by atoms with van der Waals surface area (Å²) in [6.07, 6.45) is 1.59. The number of carboxylic acid groups (broad SMARTS) is 1. The van der Waals surface area contributed by atoms with Crippen LogP contribution in [0, 0.1) is 11.8 Å². The average molecular weight is 243 g/mol. The molecule has 1 heterocycles. The normalized spacial score (nSPS) is 17.2. The second kappa shape index (κ2) is 6.47. The Balaban J connectivity index is 2.24. The summed E-state index contributed by atoms with van der Waals surface area (Å²) in [5, 5.41) is 8.83. The number of carboxylic acids is 1. The molecule has 0 aliphatic carbocycles. The van der Waals surface area contributed by atoms with E-state index in [1.807, 2.05) is 0 Å².